The number of barbiturate groups is 1. The summed E-state index contributed by atoms with van der Waals surface area (Å²) in [6, 6.07) is 8.93. The van der Waals surface area contributed by atoms with Crippen LogP contribution in [0.4, 0.5) is 16.2 Å². The van der Waals surface area contributed by atoms with Crippen molar-refractivity contribution in [2.75, 3.05) is 31.5 Å². The zero-order chi connectivity index (χ0) is 26.4. The van der Waals surface area contributed by atoms with Gasteiger partial charge < -0.3 is 16.4 Å². The molecule has 0 radical (unpaired) electrons. The largest absolute Gasteiger partial charge is 0.366 e. The molecule has 3 rings (SSSR count). The quantitative estimate of drug-likeness (QED) is 0.206. The van der Waals surface area contributed by atoms with Crippen LogP contribution < -0.4 is 32.4 Å². The Balaban J connectivity index is 1.71. The van der Waals surface area contributed by atoms with Gasteiger partial charge in [0, 0.05) is 22.4 Å². The van der Waals surface area contributed by atoms with E-state index in [0.717, 1.165) is 0 Å². The molecule has 1 aliphatic rings. The number of carbonyl (C=O) groups is 6. The molecular formula is C22H22N8O6. The van der Waals surface area contributed by atoms with Crippen LogP contribution >= 0.6 is 0 Å². The Hall–Kier alpha value is -5.11. The van der Waals surface area contributed by atoms with Gasteiger partial charge in [-0.25, -0.2) is 4.79 Å². The van der Waals surface area contributed by atoms with Gasteiger partial charge in [-0.15, -0.1) is 0 Å². The van der Waals surface area contributed by atoms with Crippen molar-refractivity contribution < 1.29 is 28.8 Å². The summed E-state index contributed by atoms with van der Waals surface area (Å²) in [7, 11) is 3.54. The van der Waals surface area contributed by atoms with Crippen molar-refractivity contribution in [1.82, 2.24) is 20.9 Å². The molecule has 1 saturated heterocycles. The molecule has 7 amide bonds. The maximum atomic E-state index is 12.7. The number of rotatable bonds is 8. The Morgan fingerprint density at radius 3 is 2.06 bits per heavy atom. The van der Waals surface area contributed by atoms with E-state index in [2.05, 4.69) is 21.2 Å². The highest BCUT2D eigenvalue weighted by molar-refractivity contribution is 6.68. The molecule has 1 aliphatic heterocycles. The summed E-state index contributed by atoms with van der Waals surface area (Å²) in [4.78, 5) is 73.0. The van der Waals surface area contributed by atoms with E-state index in [1.165, 1.54) is 42.5 Å². The minimum Gasteiger partial charge on any atom is -0.366 e. The van der Waals surface area contributed by atoms with Gasteiger partial charge in [-0.05, 0) is 56.6 Å². The lowest BCUT2D eigenvalue weighted by molar-refractivity contribution is -0.119. The monoisotopic (exact) mass is 494 g/mol. The first-order chi connectivity index (χ1) is 17.0. The van der Waals surface area contributed by atoms with E-state index in [9.17, 15) is 28.8 Å². The third-order valence-electron chi connectivity index (χ3n) is 4.62. The minimum absolute atomic E-state index is 0.0407. The van der Waals surface area contributed by atoms with Crippen LogP contribution in [0.3, 0.4) is 0 Å². The summed E-state index contributed by atoms with van der Waals surface area (Å²) in [5, 5.41) is 12.7. The Morgan fingerprint density at radius 1 is 0.861 bits per heavy atom. The molecule has 36 heavy (non-hydrogen) atoms. The number of nitrogens with zero attached hydrogens (tertiary/aromatic N) is 2. The second-order valence-corrected chi connectivity index (χ2v) is 7.75. The highest BCUT2D eigenvalue weighted by Gasteiger charge is 2.29. The third kappa shape index (κ3) is 6.48. The van der Waals surface area contributed by atoms with Crippen molar-refractivity contribution in [3.8, 4) is 0 Å². The Bertz CT molecular complexity index is 1260. The van der Waals surface area contributed by atoms with Crippen LogP contribution in [0, 0.1) is 0 Å². The van der Waals surface area contributed by atoms with Crippen LogP contribution in [-0.4, -0.2) is 66.9 Å². The third-order valence-corrected chi connectivity index (χ3v) is 4.62. The summed E-state index contributed by atoms with van der Waals surface area (Å²) in [5.74, 6) is -3.68. The predicted octanol–water partition coefficient (Wildman–Crippen LogP) is -0.579. The van der Waals surface area contributed by atoms with Gasteiger partial charge in [-0.3, -0.25) is 44.9 Å². The number of hydrogen-bond acceptors (Lipinski definition) is 9. The summed E-state index contributed by atoms with van der Waals surface area (Å²) in [6.07, 6.45) is 0. The van der Waals surface area contributed by atoms with E-state index < -0.39 is 41.3 Å². The molecule has 2 aromatic rings. The van der Waals surface area contributed by atoms with Gasteiger partial charge in [0.15, 0.2) is 0 Å². The van der Waals surface area contributed by atoms with Crippen LogP contribution in [0.15, 0.2) is 47.6 Å². The van der Waals surface area contributed by atoms with E-state index in [4.69, 9.17) is 5.73 Å². The minimum atomic E-state index is -0.958. The first-order valence-electron chi connectivity index (χ1n) is 10.3. The SMILES string of the molecule is CN(C)CNC(=O)c1cc(NC(=O)c2ccc(NN=C3C(=O)NC(=O)NC3=O)cc2)cc(C(N)=O)c1. The van der Waals surface area contributed by atoms with Crippen LogP contribution in [0.25, 0.3) is 0 Å². The summed E-state index contributed by atoms with van der Waals surface area (Å²) in [6.45, 7) is 0.265. The molecule has 0 aliphatic carbocycles. The van der Waals surface area contributed by atoms with Gasteiger partial charge in [-0.1, -0.05) is 0 Å². The lowest BCUT2D eigenvalue weighted by Gasteiger charge is -2.13. The summed E-state index contributed by atoms with van der Waals surface area (Å²) >= 11 is 0. The number of carbonyl (C=O) groups excluding carboxylic acids is 6. The number of benzene rings is 2. The first-order valence-corrected chi connectivity index (χ1v) is 10.3. The van der Waals surface area contributed by atoms with Crippen LogP contribution in [0.2, 0.25) is 0 Å². The van der Waals surface area contributed by atoms with E-state index in [-0.39, 0.29) is 29.0 Å². The fourth-order valence-corrected chi connectivity index (χ4v) is 2.89. The maximum Gasteiger partial charge on any atom is 0.328 e. The molecule has 0 aromatic heterocycles. The lowest BCUT2D eigenvalue weighted by atomic mass is 10.1. The van der Waals surface area contributed by atoms with Gasteiger partial charge in [0.05, 0.1) is 12.4 Å². The number of anilines is 2. The Kier molecular flexibility index (Phi) is 7.71. The van der Waals surface area contributed by atoms with Crippen LogP contribution in [0.5, 0.6) is 0 Å². The first kappa shape index (κ1) is 25.5. The predicted molar refractivity (Wildman–Crippen MR) is 128 cm³/mol. The molecule has 7 N–H and O–H groups in total. The molecule has 0 saturated carbocycles. The number of nitrogens with two attached hydrogens (primary N) is 1. The highest BCUT2D eigenvalue weighted by Crippen LogP contribution is 2.17. The fourth-order valence-electron chi connectivity index (χ4n) is 2.89. The molecule has 1 fully saturated rings. The molecule has 14 nitrogen and oxygen atoms in total. The fraction of sp³-hybridized carbons (Fsp3) is 0.136. The zero-order valence-corrected chi connectivity index (χ0v) is 19.2. The van der Waals surface area contributed by atoms with Crippen molar-refractivity contribution in [2.24, 2.45) is 10.8 Å². The standard InChI is InChI=1S/C22H22N8O6/c1-30(2)10-24-18(32)13-7-12(17(23)31)8-15(9-13)25-19(33)11-3-5-14(6-4-11)28-29-16-20(34)26-22(36)27-21(16)35/h3-9,28H,10H2,1-2H3,(H2,23,31)(H,24,32)(H,25,33)(H2,26,27,34,35,36). The van der Waals surface area contributed by atoms with Crippen LogP contribution in [-0.2, 0) is 9.59 Å². The average molecular weight is 494 g/mol. The number of amides is 7. The lowest BCUT2D eigenvalue weighted by Crippen LogP contribution is -2.56. The van der Waals surface area contributed by atoms with Gasteiger partial charge >= 0.3 is 6.03 Å². The molecule has 1 heterocycles. The van der Waals surface area contributed by atoms with Crippen molar-refractivity contribution >= 4 is 52.7 Å². The molecule has 186 valence electrons. The normalized spacial score (nSPS) is 13.0. The number of imide groups is 2. The second-order valence-electron chi connectivity index (χ2n) is 7.75. The van der Waals surface area contributed by atoms with Crippen molar-refractivity contribution in [3.63, 3.8) is 0 Å². The molecule has 0 spiro atoms. The molecular weight excluding hydrogens is 472 g/mol. The maximum absolute atomic E-state index is 12.7. The van der Waals surface area contributed by atoms with Crippen LogP contribution in [0.1, 0.15) is 31.1 Å². The molecule has 2 aromatic carbocycles. The number of hydrogen-bond donors (Lipinski definition) is 6. The Morgan fingerprint density at radius 2 is 1.47 bits per heavy atom. The van der Waals surface area contributed by atoms with Gasteiger partial charge in [-0.2, -0.15) is 5.10 Å². The number of primary amides is 1. The van der Waals surface area contributed by atoms with Crippen molar-refractivity contribution in [1.29, 1.82) is 0 Å². The topological polar surface area (TPSA) is 204 Å². The average Bonchev–Trinajstić information content (AvgIpc) is 2.81. The van der Waals surface area contributed by atoms with Crippen molar-refractivity contribution in [3.05, 3.63) is 59.2 Å². The number of urea groups is 1. The molecule has 0 atom stereocenters. The molecule has 0 unspecified atom stereocenters. The van der Waals surface area contributed by atoms with Gasteiger partial charge in [0.1, 0.15) is 0 Å². The van der Waals surface area contributed by atoms with E-state index in [0.29, 0.717) is 5.69 Å². The highest BCUT2D eigenvalue weighted by atomic mass is 16.2. The number of nitrogens with one attached hydrogen (secondary N) is 5. The van der Waals surface area contributed by atoms with E-state index in [1.807, 2.05) is 10.6 Å². The summed E-state index contributed by atoms with van der Waals surface area (Å²) in [5.41, 5.74) is 8.23. The van der Waals surface area contributed by atoms with E-state index >= 15 is 0 Å². The molecule has 0 bridgehead atoms. The second kappa shape index (κ2) is 10.9. The zero-order valence-electron chi connectivity index (χ0n) is 19.2. The smallest absolute Gasteiger partial charge is 0.328 e. The summed E-state index contributed by atoms with van der Waals surface area (Å²) < 4.78 is 0. The number of hydrazone groups is 1. The van der Waals surface area contributed by atoms with Crippen molar-refractivity contribution in [2.45, 2.75) is 0 Å². The van der Waals surface area contributed by atoms with E-state index in [1.54, 1.807) is 19.0 Å². The van der Waals surface area contributed by atoms with Gasteiger partial charge in [0.25, 0.3) is 23.6 Å². The van der Waals surface area contributed by atoms with Gasteiger partial charge in [0.2, 0.25) is 11.6 Å². The molecule has 14 heteroatoms. The Labute approximate surface area is 204 Å².